The number of hydrogen-bond donors (Lipinski definition) is 7. The minimum Gasteiger partial charge on any atom is -0.459 e. The third-order valence-electron chi connectivity index (χ3n) is 21.1. The molecule has 3 aliphatic heterocycles. The van der Waals surface area contributed by atoms with Crippen molar-refractivity contribution in [2.45, 2.75) is 250 Å². The molecule has 7 rings (SSSR count). The lowest BCUT2D eigenvalue weighted by Gasteiger charge is -2.60. The molecule has 4 aliphatic carbocycles. The molecule has 0 aromatic rings. The second-order valence-corrected chi connectivity index (χ2v) is 27.0. The Morgan fingerprint density at radius 2 is 1.61 bits per heavy atom. The van der Waals surface area contributed by atoms with Gasteiger partial charge in [0.25, 0.3) is 5.91 Å². The second kappa shape index (κ2) is 24.2. The first kappa shape index (κ1) is 64.1. The highest BCUT2D eigenvalue weighted by molar-refractivity contribution is 6.01. The molecule has 0 aromatic carbocycles. The van der Waals surface area contributed by atoms with Crippen LogP contribution in [0.25, 0.3) is 0 Å². The van der Waals surface area contributed by atoms with Crippen LogP contribution in [0.4, 0.5) is 4.39 Å². The van der Waals surface area contributed by atoms with E-state index in [4.69, 9.17) is 28.4 Å². The summed E-state index contributed by atoms with van der Waals surface area (Å²) in [7, 11) is 5.32. The fourth-order valence-electron chi connectivity index (χ4n) is 15.8. The predicted octanol–water partition coefficient (Wildman–Crippen LogP) is 4.76. The van der Waals surface area contributed by atoms with E-state index in [1.807, 2.05) is 53.6 Å². The van der Waals surface area contributed by atoms with Crippen LogP contribution < -0.4 is 5.32 Å². The lowest BCUT2D eigenvalue weighted by atomic mass is 9.46. The Morgan fingerprint density at radius 3 is 2.25 bits per heavy atom. The molecule has 7 aliphatic rings. The van der Waals surface area contributed by atoms with Crippen LogP contribution in [0.1, 0.15) is 147 Å². The Labute approximate surface area is 469 Å². The number of aliphatic hydroxyl groups is 6. The van der Waals surface area contributed by atoms with Crippen molar-refractivity contribution >= 4 is 17.7 Å². The van der Waals surface area contributed by atoms with Gasteiger partial charge in [-0.1, -0.05) is 47.6 Å². The number of alkyl halides is 1. The number of nitrogens with one attached hydrogen (secondary N) is 1. The molecule has 3 saturated carbocycles. The topological polar surface area (TPSA) is 246 Å². The van der Waals surface area contributed by atoms with E-state index in [0.717, 1.165) is 0 Å². The van der Waals surface area contributed by atoms with Crippen molar-refractivity contribution in [1.29, 1.82) is 0 Å². The van der Waals surface area contributed by atoms with Crippen molar-refractivity contribution in [2.75, 3.05) is 40.8 Å². The van der Waals surface area contributed by atoms with Crippen molar-refractivity contribution in [3.8, 4) is 0 Å². The molecule has 3 heterocycles. The molecular weight excluding hydrogens is 1020 g/mol. The fourth-order valence-corrected chi connectivity index (χ4v) is 15.8. The van der Waals surface area contributed by atoms with E-state index in [-0.39, 0.29) is 68.4 Å². The third-order valence-corrected chi connectivity index (χ3v) is 21.1. The number of aliphatic hydroxyl groups excluding tert-OH is 4. The molecule has 6 fully saturated rings. The average molecular weight is 1120 g/mol. The number of halogens is 1. The van der Waals surface area contributed by atoms with E-state index in [0.29, 0.717) is 50.8 Å². The van der Waals surface area contributed by atoms with Gasteiger partial charge in [-0.05, 0) is 154 Å². The van der Waals surface area contributed by atoms with Crippen LogP contribution in [-0.2, 0) is 42.8 Å². The van der Waals surface area contributed by atoms with Crippen molar-refractivity contribution in [3.05, 3.63) is 23.8 Å². The lowest BCUT2D eigenvalue weighted by Crippen LogP contribution is -2.65. The number of esters is 1. The maximum absolute atomic E-state index is 16.1. The van der Waals surface area contributed by atoms with Gasteiger partial charge in [0.2, 0.25) is 0 Å². The van der Waals surface area contributed by atoms with Crippen molar-refractivity contribution in [1.82, 2.24) is 15.1 Å². The molecule has 24 atom stereocenters. The Hall–Kier alpha value is -2.50. The molecular formula is C60H100FN3O15. The molecule has 452 valence electrons. The van der Waals surface area contributed by atoms with Gasteiger partial charge in [0.05, 0.1) is 42.0 Å². The zero-order chi connectivity index (χ0) is 58.7. The Balaban J connectivity index is 1.12. The van der Waals surface area contributed by atoms with E-state index in [1.165, 1.54) is 26.2 Å². The summed E-state index contributed by atoms with van der Waals surface area (Å²) in [5.74, 6) is -4.03. The fraction of sp³-hybridized carbons (Fsp3) is 0.883. The molecule has 79 heavy (non-hydrogen) atoms. The van der Waals surface area contributed by atoms with E-state index in [2.05, 4.69) is 24.1 Å². The van der Waals surface area contributed by atoms with Crippen LogP contribution in [-0.4, -0.2) is 202 Å². The number of methoxy groups -OCH3 is 1. The standard InChI is InChI=1S/C60H100FN3O15/c1-16-45-59(12,72)50(68)35(5)64(24-18-22-62-54(71)60(73)32(2)25-39-38-28-41(61)40-27-37(65)19-21-56(40,9)48(38)43(66)30-57(39,60)10)23-17-20-55(7,8)46(79-53-49(67)42(63(13)14)26-33(3)75-53)29-44(34(4)52(70)78-45)77-47-31-58(11,74-15)51(69)36(6)76-47/h19,21,27,32-36,38-39,41-51,53,66-69,72-73H,16-18,20,22-26,28-31H2,1-15H3,(H,62,71)/t32-,33+,34-,35-,36-,38?,39?,41+,42+,43?,44+,45-,46-,47-,48?,49?,50+,51-,53-,56+,57+,58+,59+,60+/m1/s1. The van der Waals surface area contributed by atoms with E-state index in [1.54, 1.807) is 33.8 Å². The number of rotatable bonds is 12. The lowest BCUT2D eigenvalue weighted by molar-refractivity contribution is -0.303. The minimum atomic E-state index is -1.94. The summed E-state index contributed by atoms with van der Waals surface area (Å²) in [6.45, 7) is 22.8. The maximum Gasteiger partial charge on any atom is 0.311 e. The van der Waals surface area contributed by atoms with E-state index in [9.17, 15) is 45.0 Å². The zero-order valence-corrected chi connectivity index (χ0v) is 50.0. The molecule has 0 aromatic heterocycles. The summed E-state index contributed by atoms with van der Waals surface area (Å²) in [5, 5.41) is 75.2. The first-order valence-corrected chi connectivity index (χ1v) is 29.5. The monoisotopic (exact) mass is 1120 g/mol. The number of ketones is 1. The number of likely N-dealkylation sites (N-methyl/N-ethyl adjacent to an activating group) is 1. The number of nitrogens with zero attached hydrogens (tertiary/aromatic N) is 2. The summed E-state index contributed by atoms with van der Waals surface area (Å²) in [5.41, 5.74) is -7.11. The highest BCUT2D eigenvalue weighted by atomic mass is 19.1. The number of hydrogen-bond acceptors (Lipinski definition) is 17. The van der Waals surface area contributed by atoms with Gasteiger partial charge in [0.15, 0.2) is 24.0 Å². The second-order valence-electron chi connectivity index (χ2n) is 27.0. The van der Waals surface area contributed by atoms with Crippen molar-refractivity contribution in [2.24, 2.45) is 45.8 Å². The van der Waals surface area contributed by atoms with Gasteiger partial charge in [-0.2, -0.15) is 0 Å². The molecule has 3 saturated heterocycles. The van der Waals surface area contributed by atoms with Crippen LogP contribution in [0.2, 0.25) is 0 Å². The number of amides is 1. The van der Waals surface area contributed by atoms with Gasteiger partial charge in [0.1, 0.15) is 36.2 Å². The highest BCUT2D eigenvalue weighted by Gasteiger charge is 2.71. The normalized spacial score (nSPS) is 48.2. The Kier molecular flexibility index (Phi) is 19.7. The van der Waals surface area contributed by atoms with Crippen LogP contribution in [0, 0.1) is 45.8 Å². The number of carbonyl (C=O) groups excluding carboxylic acids is 3. The van der Waals surface area contributed by atoms with Crippen LogP contribution >= 0.6 is 0 Å². The third kappa shape index (κ3) is 12.1. The number of allylic oxidation sites excluding steroid dienone is 4. The van der Waals surface area contributed by atoms with Gasteiger partial charge in [-0.25, -0.2) is 4.39 Å². The number of carbonyl (C=O) groups is 3. The van der Waals surface area contributed by atoms with Gasteiger partial charge >= 0.3 is 5.97 Å². The summed E-state index contributed by atoms with van der Waals surface area (Å²) in [6, 6.07) is -0.961. The van der Waals surface area contributed by atoms with Crippen LogP contribution in [0.15, 0.2) is 23.8 Å². The average Bonchev–Trinajstić information content (AvgIpc) is 3.05. The first-order chi connectivity index (χ1) is 36.7. The number of ether oxygens (including phenoxy) is 6. The highest BCUT2D eigenvalue weighted by Crippen LogP contribution is 2.68. The van der Waals surface area contributed by atoms with Crippen molar-refractivity contribution in [3.63, 3.8) is 0 Å². The summed E-state index contributed by atoms with van der Waals surface area (Å²) in [4.78, 5) is 45.6. The van der Waals surface area contributed by atoms with Gasteiger partial charge in [0, 0.05) is 61.9 Å². The van der Waals surface area contributed by atoms with Gasteiger partial charge in [-0.3, -0.25) is 19.3 Å². The SMILES string of the molecule is CC[C@H]1OC(=O)[C@H](C)[C@@H](O[C@@H]2C[C@](C)(OC)[C@H](O)[C@@H](C)O2)C[C@@H](O[C@H]2O[C@@H](C)C[C@H](N(C)C)C2O)C(C)(C)CCCN(CCCNC(=O)[C@@]2(O)[C@H](C)CC3C4C[C@H](F)C5=CC(=O)C=C[C@]5(C)C4C(O)C[C@@]32C)[C@H](C)[C@H](O)[C@@]1(C)O. The minimum absolute atomic E-state index is 0.0904. The van der Waals surface area contributed by atoms with Crippen molar-refractivity contribution < 1.29 is 77.8 Å². The summed E-state index contributed by atoms with van der Waals surface area (Å²) < 4.78 is 54.5. The molecule has 0 spiro atoms. The molecule has 0 bridgehead atoms. The molecule has 1 amide bonds. The van der Waals surface area contributed by atoms with Gasteiger partial charge < -0.3 is 69.3 Å². The molecule has 5 unspecified atom stereocenters. The zero-order valence-electron chi connectivity index (χ0n) is 50.0. The predicted molar refractivity (Wildman–Crippen MR) is 293 cm³/mol. The number of fused-ring (bicyclic) bond motifs is 5. The molecule has 19 heteroatoms. The van der Waals surface area contributed by atoms with E-state index >= 15 is 4.39 Å². The maximum atomic E-state index is 16.1. The van der Waals surface area contributed by atoms with E-state index < -0.39 is 136 Å². The molecule has 0 radical (unpaired) electrons. The smallest absolute Gasteiger partial charge is 0.311 e. The largest absolute Gasteiger partial charge is 0.459 e. The Bertz CT molecular complexity index is 2220. The van der Waals surface area contributed by atoms with Gasteiger partial charge in [-0.15, -0.1) is 0 Å². The Morgan fingerprint density at radius 1 is 0.924 bits per heavy atom. The van der Waals surface area contributed by atoms with Crippen LogP contribution in [0.5, 0.6) is 0 Å². The summed E-state index contributed by atoms with van der Waals surface area (Å²) in [6.07, 6.45) is -3.74. The van der Waals surface area contributed by atoms with Crippen LogP contribution in [0.3, 0.4) is 0 Å². The number of cyclic esters (lactones) is 1. The summed E-state index contributed by atoms with van der Waals surface area (Å²) >= 11 is 0. The quantitative estimate of drug-likeness (QED) is 0.103. The first-order valence-electron chi connectivity index (χ1n) is 29.5. The molecule has 18 nitrogen and oxygen atoms in total. The molecule has 7 N–H and O–H groups in total.